The Morgan fingerprint density at radius 2 is 2.25 bits per heavy atom. The third-order valence-electron chi connectivity index (χ3n) is 2.43. The number of hydrogen-bond donors (Lipinski definition) is 1. The van der Waals surface area contributed by atoms with Crippen LogP contribution in [0.2, 0.25) is 0 Å². The Morgan fingerprint density at radius 3 is 2.92 bits per heavy atom. The van der Waals surface area contributed by atoms with Crippen molar-refractivity contribution < 1.29 is 0 Å². The fourth-order valence-corrected chi connectivity index (χ4v) is 1.77. The Kier molecular flexibility index (Phi) is 2.42. The summed E-state index contributed by atoms with van der Waals surface area (Å²) in [6.45, 7) is 1.20. The molecule has 0 amide bonds. The minimum absolute atomic E-state index is 0.715. The van der Waals surface area contributed by atoms with E-state index in [0.29, 0.717) is 6.04 Å². The molecule has 1 fully saturated rings. The lowest BCUT2D eigenvalue weighted by Gasteiger charge is -2.08. The van der Waals surface area contributed by atoms with E-state index in [1.54, 1.807) is 0 Å². The van der Waals surface area contributed by atoms with Crippen molar-refractivity contribution in [1.82, 2.24) is 5.32 Å². The molecular formula is C11H14N. The standard InChI is InChI=1S/C11H14N/c1-2-5-10(6-3-1)9-11-7-4-8-12-11/h2-3,5-6,11-12H,4,7-9H2. The van der Waals surface area contributed by atoms with Crippen molar-refractivity contribution >= 4 is 0 Å². The van der Waals surface area contributed by atoms with Crippen LogP contribution in [0.25, 0.3) is 0 Å². The summed E-state index contributed by atoms with van der Waals surface area (Å²) in [4.78, 5) is 0. The zero-order valence-electron chi connectivity index (χ0n) is 7.22. The number of hydrogen-bond acceptors (Lipinski definition) is 1. The molecule has 63 valence electrons. The number of benzene rings is 1. The maximum Gasteiger partial charge on any atom is 0.0108 e. The Balaban J connectivity index is 1.94. The van der Waals surface area contributed by atoms with Crippen LogP contribution in [-0.4, -0.2) is 12.6 Å². The van der Waals surface area contributed by atoms with Gasteiger partial charge in [0.1, 0.15) is 0 Å². The molecule has 1 aromatic carbocycles. The van der Waals surface area contributed by atoms with Crippen molar-refractivity contribution in [3.05, 3.63) is 35.9 Å². The molecule has 1 N–H and O–H groups in total. The van der Waals surface area contributed by atoms with Crippen molar-refractivity contribution in [3.8, 4) is 0 Å². The molecular weight excluding hydrogens is 146 g/mol. The van der Waals surface area contributed by atoms with Gasteiger partial charge in [-0.15, -0.1) is 0 Å². The summed E-state index contributed by atoms with van der Waals surface area (Å²) in [6.07, 6.45) is 3.84. The second-order valence-corrected chi connectivity index (χ2v) is 3.41. The van der Waals surface area contributed by atoms with Crippen molar-refractivity contribution in [2.24, 2.45) is 0 Å². The molecule has 0 saturated carbocycles. The van der Waals surface area contributed by atoms with Crippen LogP contribution < -0.4 is 5.32 Å². The normalized spacial score (nSPS) is 22.8. The zero-order chi connectivity index (χ0) is 8.23. The Labute approximate surface area is 73.8 Å². The van der Waals surface area contributed by atoms with E-state index in [0.717, 1.165) is 0 Å². The van der Waals surface area contributed by atoms with Gasteiger partial charge in [-0.05, 0) is 37.4 Å². The fourth-order valence-electron chi connectivity index (χ4n) is 1.77. The third-order valence-corrected chi connectivity index (χ3v) is 2.43. The molecule has 0 bridgehead atoms. The molecule has 1 unspecified atom stereocenters. The first kappa shape index (κ1) is 7.81. The zero-order valence-corrected chi connectivity index (χ0v) is 7.22. The highest BCUT2D eigenvalue weighted by molar-refractivity contribution is 5.15. The average Bonchev–Trinajstić information content (AvgIpc) is 2.59. The highest BCUT2D eigenvalue weighted by Gasteiger charge is 2.13. The van der Waals surface area contributed by atoms with Gasteiger partial charge in [-0.1, -0.05) is 24.3 Å². The molecule has 1 radical (unpaired) electrons. The molecule has 1 heterocycles. The predicted octanol–water partition coefficient (Wildman–Crippen LogP) is 1.78. The highest BCUT2D eigenvalue weighted by atomic mass is 14.9. The molecule has 0 aliphatic carbocycles. The minimum atomic E-state index is 0.715. The SMILES string of the molecule is [c]1ccc(CC2CCCN2)cc1. The van der Waals surface area contributed by atoms with Crippen molar-refractivity contribution in [2.45, 2.75) is 25.3 Å². The first-order valence-electron chi connectivity index (χ1n) is 4.63. The summed E-state index contributed by atoms with van der Waals surface area (Å²) in [5.74, 6) is 0. The van der Waals surface area contributed by atoms with Crippen LogP contribution in [0, 0.1) is 6.07 Å². The Morgan fingerprint density at radius 1 is 1.42 bits per heavy atom. The van der Waals surface area contributed by atoms with Gasteiger partial charge in [-0.2, -0.15) is 0 Å². The van der Waals surface area contributed by atoms with E-state index in [-0.39, 0.29) is 0 Å². The quantitative estimate of drug-likeness (QED) is 0.695. The van der Waals surface area contributed by atoms with Crippen LogP contribution in [0.1, 0.15) is 18.4 Å². The molecule has 1 heteroatoms. The summed E-state index contributed by atoms with van der Waals surface area (Å²) >= 11 is 0. The van der Waals surface area contributed by atoms with E-state index in [1.165, 1.54) is 31.4 Å². The van der Waals surface area contributed by atoms with Crippen molar-refractivity contribution in [1.29, 1.82) is 0 Å². The maximum absolute atomic E-state index is 3.49. The van der Waals surface area contributed by atoms with E-state index >= 15 is 0 Å². The lowest BCUT2D eigenvalue weighted by atomic mass is 10.1. The van der Waals surface area contributed by atoms with E-state index in [2.05, 4.69) is 23.5 Å². The van der Waals surface area contributed by atoms with Gasteiger partial charge in [0.05, 0.1) is 0 Å². The summed E-state index contributed by atoms with van der Waals surface area (Å²) in [5, 5.41) is 3.49. The molecule has 2 rings (SSSR count). The molecule has 1 aliphatic heterocycles. The smallest absolute Gasteiger partial charge is 0.0108 e. The maximum atomic E-state index is 3.49. The Hall–Kier alpha value is -0.820. The van der Waals surface area contributed by atoms with Gasteiger partial charge in [0, 0.05) is 6.04 Å². The molecule has 0 spiro atoms. The van der Waals surface area contributed by atoms with Crippen LogP contribution in [0.4, 0.5) is 0 Å². The largest absolute Gasteiger partial charge is 0.314 e. The topological polar surface area (TPSA) is 12.0 Å². The van der Waals surface area contributed by atoms with Gasteiger partial charge in [-0.25, -0.2) is 0 Å². The van der Waals surface area contributed by atoms with E-state index in [9.17, 15) is 0 Å². The molecule has 1 aliphatic rings. The fraction of sp³-hybridized carbons (Fsp3) is 0.455. The molecule has 1 atom stereocenters. The van der Waals surface area contributed by atoms with Crippen molar-refractivity contribution in [2.75, 3.05) is 6.54 Å². The third kappa shape index (κ3) is 1.86. The molecule has 1 nitrogen and oxygen atoms in total. The average molecular weight is 160 g/mol. The van der Waals surface area contributed by atoms with Crippen molar-refractivity contribution in [3.63, 3.8) is 0 Å². The highest BCUT2D eigenvalue weighted by Crippen LogP contribution is 2.11. The van der Waals surface area contributed by atoms with Crippen LogP contribution in [0.5, 0.6) is 0 Å². The van der Waals surface area contributed by atoms with Gasteiger partial charge in [0.15, 0.2) is 0 Å². The summed E-state index contributed by atoms with van der Waals surface area (Å²) in [6, 6.07) is 12.0. The predicted molar refractivity (Wildman–Crippen MR) is 50.0 cm³/mol. The van der Waals surface area contributed by atoms with Gasteiger partial charge in [0.25, 0.3) is 0 Å². The number of nitrogens with one attached hydrogen (secondary N) is 1. The van der Waals surface area contributed by atoms with Gasteiger partial charge in [0.2, 0.25) is 0 Å². The van der Waals surface area contributed by atoms with Crippen LogP contribution in [0.3, 0.4) is 0 Å². The lowest BCUT2D eigenvalue weighted by molar-refractivity contribution is 0.603. The van der Waals surface area contributed by atoms with E-state index in [4.69, 9.17) is 0 Å². The monoisotopic (exact) mass is 160 g/mol. The molecule has 1 aromatic rings. The molecule has 1 saturated heterocycles. The molecule has 0 aromatic heterocycles. The van der Waals surface area contributed by atoms with Gasteiger partial charge in [-0.3, -0.25) is 0 Å². The summed E-state index contributed by atoms with van der Waals surface area (Å²) in [7, 11) is 0. The van der Waals surface area contributed by atoms with Crippen LogP contribution >= 0.6 is 0 Å². The lowest BCUT2D eigenvalue weighted by Crippen LogP contribution is -2.23. The number of rotatable bonds is 2. The van der Waals surface area contributed by atoms with Crippen LogP contribution in [-0.2, 0) is 6.42 Å². The van der Waals surface area contributed by atoms with Crippen LogP contribution in [0.15, 0.2) is 24.3 Å². The second-order valence-electron chi connectivity index (χ2n) is 3.41. The first-order valence-corrected chi connectivity index (χ1v) is 4.63. The van der Waals surface area contributed by atoms with E-state index in [1.807, 2.05) is 12.1 Å². The van der Waals surface area contributed by atoms with Gasteiger partial charge < -0.3 is 5.32 Å². The summed E-state index contributed by atoms with van der Waals surface area (Å²) < 4.78 is 0. The van der Waals surface area contributed by atoms with E-state index < -0.39 is 0 Å². The Bertz CT molecular complexity index is 224. The molecule has 12 heavy (non-hydrogen) atoms. The minimum Gasteiger partial charge on any atom is -0.314 e. The summed E-state index contributed by atoms with van der Waals surface area (Å²) in [5.41, 5.74) is 1.42. The second kappa shape index (κ2) is 3.72. The first-order chi connectivity index (χ1) is 5.95. The van der Waals surface area contributed by atoms with Gasteiger partial charge >= 0.3 is 0 Å².